The minimum atomic E-state index is -0.422. The van der Waals surface area contributed by atoms with Gasteiger partial charge in [-0.3, -0.25) is 0 Å². The number of nitrogen functional groups attached to an aromatic ring is 1. The largest absolute Gasteiger partial charge is 0.491 e. The van der Waals surface area contributed by atoms with Gasteiger partial charge in [0.1, 0.15) is 0 Å². The Bertz CT molecular complexity index is 632. The number of benzene rings is 2. The van der Waals surface area contributed by atoms with E-state index in [1.165, 1.54) is 17.2 Å². The summed E-state index contributed by atoms with van der Waals surface area (Å²) in [5.74, 6) is -0.181. The molecule has 21 heavy (non-hydrogen) atoms. The van der Waals surface area contributed by atoms with E-state index in [1.807, 2.05) is 6.92 Å². The first kappa shape index (κ1) is 13.7. The Morgan fingerprint density at radius 2 is 1.90 bits per heavy atom. The first-order valence-corrected chi connectivity index (χ1v) is 7.22. The summed E-state index contributed by atoms with van der Waals surface area (Å²) in [6.07, 6.45) is 1.91. The Morgan fingerprint density at radius 1 is 1.24 bits per heavy atom. The molecule has 3 N–H and O–H groups in total. The number of fused-ring (bicyclic) bond motifs is 1. The van der Waals surface area contributed by atoms with Crippen LogP contribution in [0.3, 0.4) is 0 Å². The van der Waals surface area contributed by atoms with Gasteiger partial charge in [-0.15, -0.1) is 0 Å². The molecule has 4 heteroatoms. The van der Waals surface area contributed by atoms with Gasteiger partial charge in [0.15, 0.2) is 11.6 Å². The summed E-state index contributed by atoms with van der Waals surface area (Å²) >= 11 is 0. The molecule has 3 rings (SSSR count). The van der Waals surface area contributed by atoms with Gasteiger partial charge in [-0.25, -0.2) is 4.39 Å². The first-order chi connectivity index (χ1) is 10.2. The van der Waals surface area contributed by atoms with Crippen molar-refractivity contribution in [2.45, 2.75) is 25.8 Å². The Balaban J connectivity index is 1.78. The van der Waals surface area contributed by atoms with Crippen LogP contribution < -0.4 is 15.8 Å². The highest BCUT2D eigenvalue weighted by Gasteiger charge is 2.21. The molecule has 0 saturated carbocycles. The molecule has 3 nitrogen and oxygen atoms in total. The molecule has 1 aliphatic rings. The molecule has 0 saturated heterocycles. The second-order valence-electron chi connectivity index (χ2n) is 5.32. The third-order valence-electron chi connectivity index (χ3n) is 3.81. The molecule has 0 unspecified atom stereocenters. The van der Waals surface area contributed by atoms with Crippen molar-refractivity contribution in [3.8, 4) is 5.75 Å². The second kappa shape index (κ2) is 5.64. The molecule has 0 atom stereocenters. The molecule has 2 aromatic carbocycles. The lowest BCUT2D eigenvalue weighted by Gasteiger charge is -2.17. The number of ether oxygens (including phenoxy) is 1. The normalized spacial score (nSPS) is 14.0. The number of hydrogen-bond donors (Lipinski definition) is 2. The average molecular weight is 286 g/mol. The lowest BCUT2D eigenvalue weighted by molar-refractivity contribution is 0.322. The topological polar surface area (TPSA) is 47.3 Å². The van der Waals surface area contributed by atoms with Crippen molar-refractivity contribution in [3.63, 3.8) is 0 Å². The zero-order valence-electron chi connectivity index (χ0n) is 12.0. The van der Waals surface area contributed by atoms with Crippen LogP contribution in [-0.4, -0.2) is 12.6 Å². The van der Waals surface area contributed by atoms with Gasteiger partial charge < -0.3 is 15.8 Å². The van der Waals surface area contributed by atoms with Gasteiger partial charge in [0, 0.05) is 18.2 Å². The molecular formula is C17H19FN2O. The van der Waals surface area contributed by atoms with Crippen LogP contribution in [-0.2, 0) is 12.8 Å². The van der Waals surface area contributed by atoms with Gasteiger partial charge in [-0.1, -0.05) is 24.3 Å². The molecule has 0 radical (unpaired) electrons. The SMILES string of the molecule is CCOc1cc(NC2Cc3ccccc3C2)c(N)cc1F. The third-order valence-corrected chi connectivity index (χ3v) is 3.81. The van der Waals surface area contributed by atoms with Crippen LogP contribution in [0.1, 0.15) is 18.1 Å². The molecule has 0 spiro atoms. The van der Waals surface area contributed by atoms with Crippen molar-refractivity contribution in [3.05, 3.63) is 53.3 Å². The quantitative estimate of drug-likeness (QED) is 0.847. The Morgan fingerprint density at radius 3 is 2.52 bits per heavy atom. The van der Waals surface area contributed by atoms with Crippen LogP contribution in [0.5, 0.6) is 5.75 Å². The summed E-state index contributed by atoms with van der Waals surface area (Å²) < 4.78 is 19.0. The predicted molar refractivity (Wildman–Crippen MR) is 83.2 cm³/mol. The molecule has 0 heterocycles. The van der Waals surface area contributed by atoms with Gasteiger partial charge in [0.05, 0.1) is 18.0 Å². The van der Waals surface area contributed by atoms with Crippen molar-refractivity contribution in [1.82, 2.24) is 0 Å². The van der Waals surface area contributed by atoms with Crippen molar-refractivity contribution < 1.29 is 9.13 Å². The van der Waals surface area contributed by atoms with Gasteiger partial charge in [-0.05, 0) is 30.9 Å². The highest BCUT2D eigenvalue weighted by Crippen LogP contribution is 2.31. The fraction of sp³-hybridized carbons (Fsp3) is 0.294. The van der Waals surface area contributed by atoms with Crippen molar-refractivity contribution in [1.29, 1.82) is 0 Å². The highest BCUT2D eigenvalue weighted by molar-refractivity contribution is 5.69. The van der Waals surface area contributed by atoms with Crippen molar-refractivity contribution >= 4 is 11.4 Å². The van der Waals surface area contributed by atoms with E-state index in [0.717, 1.165) is 18.5 Å². The minimum Gasteiger partial charge on any atom is -0.491 e. The summed E-state index contributed by atoms with van der Waals surface area (Å²) in [6.45, 7) is 2.26. The monoisotopic (exact) mass is 286 g/mol. The van der Waals surface area contributed by atoms with E-state index in [-0.39, 0.29) is 11.8 Å². The van der Waals surface area contributed by atoms with Crippen molar-refractivity contribution in [2.75, 3.05) is 17.7 Å². The van der Waals surface area contributed by atoms with Crippen LogP contribution in [0.2, 0.25) is 0 Å². The fourth-order valence-corrected chi connectivity index (χ4v) is 2.84. The minimum absolute atomic E-state index is 0.240. The maximum Gasteiger partial charge on any atom is 0.167 e. The van der Waals surface area contributed by atoms with Crippen LogP contribution >= 0.6 is 0 Å². The Kier molecular flexibility index (Phi) is 3.69. The van der Waals surface area contributed by atoms with Crippen LogP contribution in [0, 0.1) is 5.82 Å². The van der Waals surface area contributed by atoms with E-state index in [4.69, 9.17) is 10.5 Å². The summed E-state index contributed by atoms with van der Waals surface area (Å²) in [4.78, 5) is 0. The maximum atomic E-state index is 13.7. The number of nitrogens with two attached hydrogens (primary N) is 1. The van der Waals surface area contributed by atoms with Crippen molar-refractivity contribution in [2.24, 2.45) is 0 Å². The molecular weight excluding hydrogens is 267 g/mol. The van der Waals surface area contributed by atoms with Gasteiger partial charge >= 0.3 is 0 Å². The number of halogens is 1. The molecule has 0 amide bonds. The van der Waals surface area contributed by atoms with E-state index < -0.39 is 5.82 Å². The van der Waals surface area contributed by atoms with E-state index in [1.54, 1.807) is 6.07 Å². The number of rotatable bonds is 4. The van der Waals surface area contributed by atoms with E-state index in [0.29, 0.717) is 12.3 Å². The average Bonchev–Trinajstić information content (AvgIpc) is 2.86. The zero-order chi connectivity index (χ0) is 14.8. The Hall–Kier alpha value is -2.23. The zero-order valence-corrected chi connectivity index (χ0v) is 12.0. The number of nitrogens with one attached hydrogen (secondary N) is 1. The molecule has 0 aliphatic heterocycles. The van der Waals surface area contributed by atoms with E-state index in [9.17, 15) is 4.39 Å². The number of anilines is 2. The fourth-order valence-electron chi connectivity index (χ4n) is 2.84. The second-order valence-corrected chi connectivity index (χ2v) is 5.32. The number of hydrogen-bond acceptors (Lipinski definition) is 3. The van der Waals surface area contributed by atoms with Gasteiger partial charge in [-0.2, -0.15) is 0 Å². The molecule has 110 valence electrons. The van der Waals surface area contributed by atoms with E-state index >= 15 is 0 Å². The summed E-state index contributed by atoms with van der Waals surface area (Å²) in [7, 11) is 0. The lowest BCUT2D eigenvalue weighted by atomic mass is 10.1. The maximum absolute atomic E-state index is 13.7. The summed E-state index contributed by atoms with van der Waals surface area (Å²) in [5, 5.41) is 3.41. The van der Waals surface area contributed by atoms with Gasteiger partial charge in [0.2, 0.25) is 0 Å². The molecule has 2 aromatic rings. The summed E-state index contributed by atoms with van der Waals surface area (Å²) in [6, 6.07) is 11.7. The molecule has 0 fully saturated rings. The van der Waals surface area contributed by atoms with E-state index in [2.05, 4.69) is 29.6 Å². The smallest absolute Gasteiger partial charge is 0.167 e. The highest BCUT2D eigenvalue weighted by atomic mass is 19.1. The summed E-state index contributed by atoms with van der Waals surface area (Å²) in [5.41, 5.74) is 9.78. The lowest BCUT2D eigenvalue weighted by Crippen LogP contribution is -2.20. The molecule has 1 aliphatic carbocycles. The van der Waals surface area contributed by atoms with Crippen LogP contribution in [0.4, 0.5) is 15.8 Å². The Labute approximate surface area is 123 Å². The third kappa shape index (κ3) is 2.79. The molecule has 0 aromatic heterocycles. The van der Waals surface area contributed by atoms with Gasteiger partial charge in [0.25, 0.3) is 0 Å². The standard InChI is InChI=1S/C17H19FN2O/c1-2-21-17-10-16(15(19)9-14(17)18)20-13-7-11-5-3-4-6-12(11)8-13/h3-6,9-10,13,20H,2,7-8,19H2,1H3. The predicted octanol–water partition coefficient (Wildman–Crippen LogP) is 3.39. The molecule has 0 bridgehead atoms. The van der Waals surface area contributed by atoms with Crippen LogP contribution in [0.15, 0.2) is 36.4 Å². The van der Waals surface area contributed by atoms with Crippen LogP contribution in [0.25, 0.3) is 0 Å². The first-order valence-electron chi connectivity index (χ1n) is 7.22.